The van der Waals surface area contributed by atoms with Crippen LogP contribution in [0.2, 0.25) is 0 Å². The summed E-state index contributed by atoms with van der Waals surface area (Å²) in [6.07, 6.45) is 0. The Bertz CT molecular complexity index is 802. The zero-order chi connectivity index (χ0) is 18.0. The van der Waals surface area contributed by atoms with Crippen LogP contribution in [0.1, 0.15) is 15.9 Å². The van der Waals surface area contributed by atoms with Crippen LogP contribution in [-0.4, -0.2) is 19.1 Å². The van der Waals surface area contributed by atoms with Crippen molar-refractivity contribution in [3.8, 4) is 11.5 Å². The maximum atomic E-state index is 12.1. The van der Waals surface area contributed by atoms with Gasteiger partial charge < -0.3 is 14.8 Å². The van der Waals surface area contributed by atoms with Crippen molar-refractivity contribution >= 4 is 5.91 Å². The molecule has 26 heavy (non-hydrogen) atoms. The van der Waals surface area contributed by atoms with Gasteiger partial charge in [0, 0.05) is 5.56 Å². The Kier molecular flexibility index (Phi) is 6.26. The van der Waals surface area contributed by atoms with Crippen molar-refractivity contribution in [1.82, 2.24) is 5.32 Å². The number of nitrogens with one attached hydrogen (secondary N) is 1. The molecule has 0 atom stereocenters. The van der Waals surface area contributed by atoms with Crippen molar-refractivity contribution in [2.75, 3.05) is 13.2 Å². The van der Waals surface area contributed by atoms with Gasteiger partial charge in [0.1, 0.15) is 24.7 Å². The van der Waals surface area contributed by atoms with Gasteiger partial charge in [-0.15, -0.1) is 0 Å². The maximum Gasteiger partial charge on any atom is 0.251 e. The lowest BCUT2D eigenvalue weighted by Crippen LogP contribution is -2.28. The summed E-state index contributed by atoms with van der Waals surface area (Å²) in [7, 11) is 0. The molecule has 3 rings (SSSR count). The number of rotatable bonds is 8. The molecular formula is C22H21NO3. The summed E-state index contributed by atoms with van der Waals surface area (Å²) in [6, 6.07) is 26.6. The first kappa shape index (κ1) is 17.5. The third-order valence-electron chi connectivity index (χ3n) is 3.76. The third kappa shape index (κ3) is 5.38. The number of ether oxygens (including phenoxy) is 2. The van der Waals surface area contributed by atoms with Crippen LogP contribution in [0.4, 0.5) is 0 Å². The molecule has 0 saturated carbocycles. The summed E-state index contributed by atoms with van der Waals surface area (Å²) in [5.74, 6) is 1.51. The molecule has 0 unspecified atom stereocenters. The monoisotopic (exact) mass is 347 g/mol. The van der Waals surface area contributed by atoms with E-state index >= 15 is 0 Å². The maximum absolute atomic E-state index is 12.1. The molecular weight excluding hydrogens is 326 g/mol. The van der Waals surface area contributed by atoms with Gasteiger partial charge >= 0.3 is 0 Å². The fraction of sp³-hybridized carbons (Fsp3) is 0.136. The SMILES string of the molecule is O=C(NCCOc1ccccc1)c1ccc(COc2ccccc2)cc1. The molecule has 0 aliphatic heterocycles. The van der Waals surface area contributed by atoms with Gasteiger partial charge in [0.15, 0.2) is 0 Å². The van der Waals surface area contributed by atoms with E-state index in [1.807, 2.05) is 72.8 Å². The Morgan fingerprint density at radius 1 is 0.731 bits per heavy atom. The second-order valence-electron chi connectivity index (χ2n) is 5.72. The predicted octanol–water partition coefficient (Wildman–Crippen LogP) is 4.07. The number of amides is 1. The number of carbonyl (C=O) groups excluding carboxylic acids is 1. The van der Waals surface area contributed by atoms with E-state index in [1.54, 1.807) is 12.1 Å². The second-order valence-corrected chi connectivity index (χ2v) is 5.72. The Labute approximate surface area is 153 Å². The molecule has 3 aromatic carbocycles. The summed E-state index contributed by atoms with van der Waals surface area (Å²) in [5, 5.41) is 2.85. The van der Waals surface area contributed by atoms with Gasteiger partial charge in [-0.3, -0.25) is 4.79 Å². The molecule has 0 fully saturated rings. The van der Waals surface area contributed by atoms with Crippen LogP contribution in [-0.2, 0) is 6.61 Å². The lowest BCUT2D eigenvalue weighted by molar-refractivity contribution is 0.0947. The molecule has 3 aromatic rings. The Balaban J connectivity index is 1.41. The summed E-state index contributed by atoms with van der Waals surface area (Å²) < 4.78 is 11.3. The minimum absolute atomic E-state index is 0.114. The highest BCUT2D eigenvalue weighted by atomic mass is 16.5. The normalized spacial score (nSPS) is 10.2. The van der Waals surface area contributed by atoms with Crippen LogP contribution in [0.25, 0.3) is 0 Å². The molecule has 4 heteroatoms. The van der Waals surface area contributed by atoms with Gasteiger partial charge in [0.2, 0.25) is 0 Å². The molecule has 132 valence electrons. The number of hydrogen-bond acceptors (Lipinski definition) is 3. The summed E-state index contributed by atoms with van der Waals surface area (Å²) in [5.41, 5.74) is 1.63. The summed E-state index contributed by atoms with van der Waals surface area (Å²) in [4.78, 5) is 12.1. The molecule has 0 aliphatic carbocycles. The van der Waals surface area contributed by atoms with E-state index < -0.39 is 0 Å². The lowest BCUT2D eigenvalue weighted by atomic mass is 10.1. The van der Waals surface area contributed by atoms with Crippen LogP contribution in [0.5, 0.6) is 11.5 Å². The quantitative estimate of drug-likeness (QED) is 0.625. The van der Waals surface area contributed by atoms with Gasteiger partial charge in [-0.05, 0) is 42.0 Å². The Morgan fingerprint density at radius 2 is 1.31 bits per heavy atom. The lowest BCUT2D eigenvalue weighted by Gasteiger charge is -2.09. The van der Waals surface area contributed by atoms with E-state index in [9.17, 15) is 4.79 Å². The minimum atomic E-state index is -0.114. The zero-order valence-corrected chi connectivity index (χ0v) is 14.4. The third-order valence-corrected chi connectivity index (χ3v) is 3.76. The first-order chi connectivity index (χ1) is 12.8. The fourth-order valence-electron chi connectivity index (χ4n) is 2.39. The molecule has 0 saturated heterocycles. The molecule has 4 nitrogen and oxygen atoms in total. The van der Waals surface area contributed by atoms with Crippen molar-refractivity contribution in [2.45, 2.75) is 6.61 Å². The highest BCUT2D eigenvalue weighted by molar-refractivity contribution is 5.94. The van der Waals surface area contributed by atoms with Crippen LogP contribution in [0.15, 0.2) is 84.9 Å². The average molecular weight is 347 g/mol. The first-order valence-corrected chi connectivity index (χ1v) is 8.54. The number of hydrogen-bond donors (Lipinski definition) is 1. The molecule has 0 spiro atoms. The van der Waals surface area contributed by atoms with Crippen molar-refractivity contribution in [3.63, 3.8) is 0 Å². The number of carbonyl (C=O) groups is 1. The van der Waals surface area contributed by atoms with Crippen LogP contribution in [0.3, 0.4) is 0 Å². The number of para-hydroxylation sites is 2. The minimum Gasteiger partial charge on any atom is -0.492 e. The Morgan fingerprint density at radius 3 is 1.92 bits per heavy atom. The highest BCUT2D eigenvalue weighted by Crippen LogP contribution is 2.12. The molecule has 0 heterocycles. The topological polar surface area (TPSA) is 47.6 Å². The van der Waals surface area contributed by atoms with Gasteiger partial charge in [-0.25, -0.2) is 0 Å². The van der Waals surface area contributed by atoms with Crippen LogP contribution in [0, 0.1) is 0 Å². The van der Waals surface area contributed by atoms with E-state index in [0.717, 1.165) is 17.1 Å². The second kappa shape index (κ2) is 9.28. The van der Waals surface area contributed by atoms with Crippen molar-refractivity contribution < 1.29 is 14.3 Å². The van der Waals surface area contributed by atoms with Crippen LogP contribution >= 0.6 is 0 Å². The average Bonchev–Trinajstić information content (AvgIpc) is 2.71. The predicted molar refractivity (Wildman–Crippen MR) is 101 cm³/mol. The zero-order valence-electron chi connectivity index (χ0n) is 14.4. The van der Waals surface area contributed by atoms with Crippen molar-refractivity contribution in [3.05, 3.63) is 96.1 Å². The van der Waals surface area contributed by atoms with Gasteiger partial charge in [-0.2, -0.15) is 0 Å². The highest BCUT2D eigenvalue weighted by Gasteiger charge is 2.05. The van der Waals surface area contributed by atoms with Crippen molar-refractivity contribution in [1.29, 1.82) is 0 Å². The van der Waals surface area contributed by atoms with E-state index in [2.05, 4.69) is 5.32 Å². The molecule has 0 aromatic heterocycles. The first-order valence-electron chi connectivity index (χ1n) is 8.54. The van der Waals surface area contributed by atoms with E-state index in [4.69, 9.17) is 9.47 Å². The molecule has 1 amide bonds. The summed E-state index contributed by atoms with van der Waals surface area (Å²) >= 11 is 0. The standard InChI is InChI=1S/C22H21NO3/c24-22(23-15-16-25-20-7-3-1-4-8-20)19-13-11-18(12-14-19)17-26-21-9-5-2-6-10-21/h1-14H,15-17H2,(H,23,24). The van der Waals surface area contributed by atoms with Gasteiger partial charge in [0.05, 0.1) is 6.54 Å². The van der Waals surface area contributed by atoms with Crippen LogP contribution < -0.4 is 14.8 Å². The van der Waals surface area contributed by atoms with E-state index in [0.29, 0.717) is 25.3 Å². The molecule has 0 radical (unpaired) electrons. The summed E-state index contributed by atoms with van der Waals surface area (Å²) in [6.45, 7) is 1.35. The molecule has 1 N–H and O–H groups in total. The number of benzene rings is 3. The molecule has 0 bridgehead atoms. The van der Waals surface area contributed by atoms with Crippen molar-refractivity contribution in [2.24, 2.45) is 0 Å². The largest absolute Gasteiger partial charge is 0.492 e. The van der Waals surface area contributed by atoms with Gasteiger partial charge in [0.25, 0.3) is 5.91 Å². The van der Waals surface area contributed by atoms with E-state index in [1.165, 1.54) is 0 Å². The van der Waals surface area contributed by atoms with Gasteiger partial charge in [-0.1, -0.05) is 48.5 Å². The Hall–Kier alpha value is -3.27. The smallest absolute Gasteiger partial charge is 0.251 e. The fourth-order valence-corrected chi connectivity index (χ4v) is 2.39. The van der Waals surface area contributed by atoms with E-state index in [-0.39, 0.29) is 5.91 Å². The molecule has 0 aliphatic rings.